The molecule has 2 aromatic carbocycles. The Bertz CT molecular complexity index is 984. The number of ether oxygens (including phenoxy) is 2. The van der Waals surface area contributed by atoms with Crippen LogP contribution in [0.3, 0.4) is 0 Å². The fourth-order valence-corrected chi connectivity index (χ4v) is 3.29. The zero-order chi connectivity index (χ0) is 20.5. The number of carbonyl (C=O) groups is 3. The largest absolute Gasteiger partial charge is 0.485 e. The van der Waals surface area contributed by atoms with E-state index in [9.17, 15) is 14.4 Å². The van der Waals surface area contributed by atoms with Crippen molar-refractivity contribution >= 4 is 23.4 Å². The van der Waals surface area contributed by atoms with Crippen molar-refractivity contribution in [3.63, 3.8) is 0 Å². The number of fused-ring (bicyclic) bond motifs is 2. The van der Waals surface area contributed by atoms with Gasteiger partial charge in [-0.3, -0.25) is 30.1 Å². The minimum absolute atomic E-state index is 0.0188. The lowest BCUT2D eigenvalue weighted by Gasteiger charge is -2.27. The third-order valence-corrected chi connectivity index (χ3v) is 4.85. The minimum Gasteiger partial charge on any atom is -0.485 e. The molecule has 0 bridgehead atoms. The van der Waals surface area contributed by atoms with E-state index in [0.29, 0.717) is 28.3 Å². The molecule has 2 atom stereocenters. The van der Waals surface area contributed by atoms with Crippen LogP contribution in [-0.2, 0) is 9.59 Å². The number of hydrogen-bond acceptors (Lipinski definition) is 5. The Balaban J connectivity index is 1.36. The molecule has 0 aromatic heterocycles. The SMILES string of the molecule is C=C1c2ccccc2C(=O)N1C(C)C(=O)NNC(=O)C1COc2ccccc2O1. The molecular weight excluding hydrogens is 374 g/mol. The van der Waals surface area contributed by atoms with Gasteiger partial charge in [0, 0.05) is 16.8 Å². The molecule has 8 heteroatoms. The van der Waals surface area contributed by atoms with Gasteiger partial charge < -0.3 is 9.47 Å². The Kier molecular flexibility index (Phi) is 4.67. The number of nitrogens with one attached hydrogen (secondary N) is 2. The molecule has 2 heterocycles. The maximum atomic E-state index is 12.6. The molecule has 2 aliphatic heterocycles. The van der Waals surface area contributed by atoms with Crippen molar-refractivity contribution in [1.29, 1.82) is 0 Å². The van der Waals surface area contributed by atoms with Gasteiger partial charge in [-0.05, 0) is 25.1 Å². The summed E-state index contributed by atoms with van der Waals surface area (Å²) in [5.74, 6) is -0.414. The number of benzene rings is 2. The zero-order valence-electron chi connectivity index (χ0n) is 15.7. The van der Waals surface area contributed by atoms with E-state index in [2.05, 4.69) is 17.4 Å². The number of rotatable bonds is 3. The van der Waals surface area contributed by atoms with Crippen LogP contribution < -0.4 is 20.3 Å². The summed E-state index contributed by atoms with van der Waals surface area (Å²) >= 11 is 0. The van der Waals surface area contributed by atoms with E-state index in [-0.39, 0.29) is 12.5 Å². The average Bonchev–Trinajstić information content (AvgIpc) is 3.01. The van der Waals surface area contributed by atoms with Crippen LogP contribution in [0.2, 0.25) is 0 Å². The third kappa shape index (κ3) is 3.29. The van der Waals surface area contributed by atoms with Gasteiger partial charge in [0.15, 0.2) is 11.5 Å². The van der Waals surface area contributed by atoms with Gasteiger partial charge in [-0.25, -0.2) is 0 Å². The van der Waals surface area contributed by atoms with Crippen molar-refractivity contribution in [1.82, 2.24) is 15.8 Å². The Morgan fingerprint density at radius 1 is 1.07 bits per heavy atom. The second-order valence-electron chi connectivity index (χ2n) is 6.69. The Labute approximate surface area is 167 Å². The van der Waals surface area contributed by atoms with Gasteiger partial charge in [0.25, 0.3) is 17.7 Å². The highest BCUT2D eigenvalue weighted by molar-refractivity contribution is 6.10. The first kappa shape index (κ1) is 18.5. The summed E-state index contributed by atoms with van der Waals surface area (Å²) in [7, 11) is 0. The lowest BCUT2D eigenvalue weighted by atomic mass is 10.1. The molecule has 2 aliphatic rings. The molecule has 0 saturated carbocycles. The van der Waals surface area contributed by atoms with Crippen molar-refractivity contribution < 1.29 is 23.9 Å². The molecule has 2 N–H and O–H groups in total. The fraction of sp³-hybridized carbons (Fsp3) is 0.190. The van der Waals surface area contributed by atoms with E-state index < -0.39 is 24.0 Å². The number of hydrazine groups is 1. The van der Waals surface area contributed by atoms with Crippen molar-refractivity contribution in [2.75, 3.05) is 6.61 Å². The van der Waals surface area contributed by atoms with Crippen molar-refractivity contribution in [2.45, 2.75) is 19.1 Å². The molecule has 0 spiro atoms. The Morgan fingerprint density at radius 2 is 1.72 bits per heavy atom. The van der Waals surface area contributed by atoms with Crippen LogP contribution in [-0.4, -0.2) is 41.4 Å². The zero-order valence-corrected chi connectivity index (χ0v) is 15.7. The number of amides is 3. The molecule has 148 valence electrons. The van der Waals surface area contributed by atoms with Crippen LogP contribution in [0.5, 0.6) is 11.5 Å². The highest BCUT2D eigenvalue weighted by atomic mass is 16.6. The highest BCUT2D eigenvalue weighted by Crippen LogP contribution is 2.33. The number of para-hydroxylation sites is 2. The molecule has 2 unspecified atom stereocenters. The molecular formula is C21H19N3O5. The molecule has 29 heavy (non-hydrogen) atoms. The van der Waals surface area contributed by atoms with Crippen molar-refractivity contribution in [3.05, 3.63) is 66.2 Å². The summed E-state index contributed by atoms with van der Waals surface area (Å²) in [6.07, 6.45) is -0.909. The van der Waals surface area contributed by atoms with Gasteiger partial charge >= 0.3 is 0 Å². The number of carbonyl (C=O) groups excluding carboxylic acids is 3. The molecule has 0 aliphatic carbocycles. The van der Waals surface area contributed by atoms with Crippen molar-refractivity contribution in [2.24, 2.45) is 0 Å². The molecule has 0 radical (unpaired) electrons. The predicted molar refractivity (Wildman–Crippen MR) is 104 cm³/mol. The Hall–Kier alpha value is -3.81. The van der Waals surface area contributed by atoms with Gasteiger partial charge in [0.2, 0.25) is 6.10 Å². The van der Waals surface area contributed by atoms with E-state index in [4.69, 9.17) is 9.47 Å². The molecule has 3 amide bonds. The highest BCUT2D eigenvalue weighted by Gasteiger charge is 2.37. The number of hydrogen-bond donors (Lipinski definition) is 2. The molecule has 0 fully saturated rings. The fourth-order valence-electron chi connectivity index (χ4n) is 3.29. The van der Waals surface area contributed by atoms with Crippen LogP contribution in [0, 0.1) is 0 Å². The van der Waals surface area contributed by atoms with Gasteiger partial charge in [0.05, 0.1) is 0 Å². The maximum absolute atomic E-state index is 12.6. The van der Waals surface area contributed by atoms with E-state index in [1.165, 1.54) is 4.90 Å². The van der Waals surface area contributed by atoms with E-state index >= 15 is 0 Å². The predicted octanol–water partition coefficient (Wildman–Crippen LogP) is 1.49. The van der Waals surface area contributed by atoms with Crippen molar-refractivity contribution in [3.8, 4) is 11.5 Å². The summed E-state index contributed by atoms with van der Waals surface area (Å²) in [6, 6.07) is 13.2. The van der Waals surface area contributed by atoms with Crippen LogP contribution in [0.25, 0.3) is 5.70 Å². The van der Waals surface area contributed by atoms with Crippen LogP contribution in [0.1, 0.15) is 22.8 Å². The van der Waals surface area contributed by atoms with Crippen LogP contribution >= 0.6 is 0 Å². The quantitative estimate of drug-likeness (QED) is 0.770. The van der Waals surface area contributed by atoms with Crippen LogP contribution in [0.4, 0.5) is 0 Å². The number of nitrogens with zero attached hydrogens (tertiary/aromatic N) is 1. The van der Waals surface area contributed by atoms with Gasteiger partial charge in [-0.1, -0.05) is 36.9 Å². The second kappa shape index (κ2) is 7.31. The monoisotopic (exact) mass is 393 g/mol. The first-order valence-electron chi connectivity index (χ1n) is 9.07. The lowest BCUT2D eigenvalue weighted by molar-refractivity contribution is -0.136. The summed E-state index contributed by atoms with van der Waals surface area (Å²) in [5, 5.41) is 0. The average molecular weight is 393 g/mol. The second-order valence-corrected chi connectivity index (χ2v) is 6.69. The van der Waals surface area contributed by atoms with Gasteiger partial charge in [-0.15, -0.1) is 0 Å². The summed E-state index contributed by atoms with van der Waals surface area (Å²) < 4.78 is 11.1. The molecule has 4 rings (SSSR count). The van der Waals surface area contributed by atoms with E-state index in [1.54, 1.807) is 55.5 Å². The summed E-state index contributed by atoms with van der Waals surface area (Å²) in [4.78, 5) is 38.8. The Morgan fingerprint density at radius 3 is 2.45 bits per heavy atom. The molecule has 0 saturated heterocycles. The molecule has 8 nitrogen and oxygen atoms in total. The topological polar surface area (TPSA) is 97.0 Å². The van der Waals surface area contributed by atoms with Gasteiger partial charge in [-0.2, -0.15) is 0 Å². The van der Waals surface area contributed by atoms with E-state index in [1.807, 2.05) is 0 Å². The normalized spacial score (nSPS) is 18.1. The van der Waals surface area contributed by atoms with E-state index in [0.717, 1.165) is 0 Å². The van der Waals surface area contributed by atoms with Crippen LogP contribution in [0.15, 0.2) is 55.1 Å². The summed E-state index contributed by atoms with van der Waals surface area (Å²) in [6.45, 7) is 5.50. The third-order valence-electron chi connectivity index (χ3n) is 4.85. The standard InChI is InChI=1S/C21H19N3O5/c1-12-14-7-3-4-8-15(14)21(27)24(12)13(2)19(25)22-23-20(26)18-11-28-16-9-5-6-10-17(16)29-18/h3-10,13,18H,1,11H2,2H3,(H,22,25)(H,23,26). The minimum atomic E-state index is -0.909. The smallest absolute Gasteiger partial charge is 0.283 e. The summed E-state index contributed by atoms with van der Waals surface area (Å²) in [5.41, 5.74) is 6.29. The first-order chi connectivity index (χ1) is 14.0. The first-order valence-corrected chi connectivity index (χ1v) is 9.07. The lowest BCUT2D eigenvalue weighted by Crippen LogP contribution is -2.55. The maximum Gasteiger partial charge on any atom is 0.283 e. The molecule has 2 aromatic rings. The van der Waals surface area contributed by atoms with Gasteiger partial charge in [0.1, 0.15) is 12.6 Å².